The number of nitrogens with one attached hydrogen (secondary N) is 2. The number of ether oxygens (including phenoxy) is 1. The van der Waals surface area contributed by atoms with Gasteiger partial charge in [0.05, 0.1) is 17.8 Å². The van der Waals surface area contributed by atoms with Gasteiger partial charge >= 0.3 is 12.1 Å². The number of alkyl halides is 3. The van der Waals surface area contributed by atoms with Crippen LogP contribution in [0.2, 0.25) is 0 Å². The Hall–Kier alpha value is -5.25. The molecular formula is C34H34F5N5O6. The molecule has 2 heterocycles. The van der Waals surface area contributed by atoms with Gasteiger partial charge in [-0.25, -0.2) is 23.1 Å². The molecule has 11 nitrogen and oxygen atoms in total. The molecule has 0 spiro atoms. The molecule has 0 aliphatic heterocycles. The fourth-order valence-corrected chi connectivity index (χ4v) is 5.40. The first-order chi connectivity index (χ1) is 23.3. The highest BCUT2D eigenvalue weighted by atomic mass is 19.4. The van der Waals surface area contributed by atoms with Gasteiger partial charge in [-0.1, -0.05) is 18.2 Å². The third kappa shape index (κ3) is 8.66. The van der Waals surface area contributed by atoms with E-state index in [1.54, 1.807) is 32.9 Å². The Morgan fingerprint density at radius 3 is 2.32 bits per heavy atom. The summed E-state index contributed by atoms with van der Waals surface area (Å²) >= 11 is 0. The third-order valence-corrected chi connectivity index (χ3v) is 7.61. The van der Waals surface area contributed by atoms with E-state index in [0.717, 1.165) is 39.5 Å². The number of halogens is 5. The largest absolute Gasteiger partial charge is 0.458 e. The van der Waals surface area contributed by atoms with Crippen LogP contribution in [0.3, 0.4) is 0 Å². The number of carbonyl (C=O) groups is 4. The molecule has 0 bridgehead atoms. The first-order valence-corrected chi connectivity index (χ1v) is 15.3. The van der Waals surface area contributed by atoms with Gasteiger partial charge in [0, 0.05) is 18.2 Å². The molecule has 0 radical (unpaired) electrons. The number of benzene rings is 2. The number of ketones is 1. The van der Waals surface area contributed by atoms with Gasteiger partial charge in [-0.05, 0) is 81.8 Å². The summed E-state index contributed by atoms with van der Waals surface area (Å²) < 4.78 is 72.8. The Labute approximate surface area is 282 Å². The molecule has 3 N–H and O–H groups in total. The molecule has 2 amide bonds. The first-order valence-electron chi connectivity index (χ1n) is 15.3. The molecule has 2 aromatic carbocycles. The van der Waals surface area contributed by atoms with Gasteiger partial charge in [0.1, 0.15) is 29.4 Å². The second-order valence-corrected chi connectivity index (χ2v) is 12.4. The van der Waals surface area contributed by atoms with E-state index in [2.05, 4.69) is 20.7 Å². The Bertz CT molecular complexity index is 1970. The lowest BCUT2D eigenvalue weighted by atomic mass is 9.96. The van der Waals surface area contributed by atoms with Crippen molar-refractivity contribution in [2.45, 2.75) is 71.8 Å². The van der Waals surface area contributed by atoms with Crippen molar-refractivity contribution in [2.24, 2.45) is 0 Å². The molecule has 0 fully saturated rings. The normalized spacial score (nSPS) is 14.0. The number of esters is 1. The number of rotatable bonds is 7. The second kappa shape index (κ2) is 14.7. The van der Waals surface area contributed by atoms with E-state index in [1.165, 1.54) is 6.92 Å². The molecule has 266 valence electrons. The average Bonchev–Trinajstić information content (AvgIpc) is 3.62. The maximum absolute atomic E-state index is 14.4. The minimum Gasteiger partial charge on any atom is -0.458 e. The van der Waals surface area contributed by atoms with Gasteiger partial charge in [-0.15, -0.1) is 0 Å². The lowest BCUT2D eigenvalue weighted by Gasteiger charge is -2.18. The Morgan fingerprint density at radius 2 is 1.72 bits per heavy atom. The van der Waals surface area contributed by atoms with Crippen LogP contribution in [0.25, 0.3) is 5.65 Å². The van der Waals surface area contributed by atoms with Crippen LogP contribution in [-0.4, -0.2) is 55.5 Å². The Kier molecular flexibility index (Phi) is 11.0. The smallest absolute Gasteiger partial charge is 0.419 e. The summed E-state index contributed by atoms with van der Waals surface area (Å²) in [7, 11) is 0. The number of Topliss-reactive ketones (excluding diaryl/α,β-unsaturated/α-hetero) is 1. The summed E-state index contributed by atoms with van der Waals surface area (Å²) in [6.07, 6.45) is -2.92. The minimum absolute atomic E-state index is 0.0372. The van der Waals surface area contributed by atoms with Gasteiger partial charge in [-0.3, -0.25) is 14.4 Å². The van der Waals surface area contributed by atoms with Crippen molar-refractivity contribution in [3.8, 4) is 0 Å². The summed E-state index contributed by atoms with van der Waals surface area (Å²) in [5.41, 5.74) is 0.257. The molecular weight excluding hydrogens is 669 g/mol. The SMILES string of the molecule is CC(=O)c1ccc2c(c1C)CC[C@@H]2NC(=O)c1cc(C(=O)NCc2ccc(F)c(C(F)(F)F)c2)nc2c(F)cnn12.CC(C)(C)OC(=O)CO. The molecule has 0 saturated carbocycles. The highest BCUT2D eigenvalue weighted by Crippen LogP contribution is 2.35. The number of nitrogens with zero attached hydrogens (tertiary/aromatic N) is 3. The number of hydrogen-bond donors (Lipinski definition) is 3. The van der Waals surface area contributed by atoms with Crippen molar-refractivity contribution in [3.05, 3.63) is 99.0 Å². The molecule has 5 rings (SSSR count). The van der Waals surface area contributed by atoms with Crippen LogP contribution in [0, 0.1) is 18.6 Å². The molecule has 50 heavy (non-hydrogen) atoms. The van der Waals surface area contributed by atoms with E-state index in [9.17, 15) is 41.1 Å². The summed E-state index contributed by atoms with van der Waals surface area (Å²) in [6, 6.07) is 6.46. The Balaban J connectivity index is 0.000000551. The van der Waals surface area contributed by atoms with E-state index >= 15 is 0 Å². The summed E-state index contributed by atoms with van der Waals surface area (Å²) in [5, 5.41) is 17.3. The third-order valence-electron chi connectivity index (χ3n) is 7.61. The molecule has 0 unspecified atom stereocenters. The Morgan fingerprint density at radius 1 is 1.02 bits per heavy atom. The highest BCUT2D eigenvalue weighted by molar-refractivity contribution is 5.99. The zero-order chi connectivity index (χ0) is 37.1. The van der Waals surface area contributed by atoms with Gasteiger partial charge in [0.25, 0.3) is 11.8 Å². The van der Waals surface area contributed by atoms with E-state index in [4.69, 9.17) is 9.84 Å². The van der Waals surface area contributed by atoms with Crippen molar-refractivity contribution in [2.75, 3.05) is 6.61 Å². The number of aliphatic hydroxyl groups excluding tert-OH is 1. The number of aliphatic hydroxyl groups is 1. The second-order valence-electron chi connectivity index (χ2n) is 12.4. The molecule has 4 aromatic rings. The fourth-order valence-electron chi connectivity index (χ4n) is 5.40. The number of hydrogen-bond acceptors (Lipinski definition) is 8. The van der Waals surface area contributed by atoms with Crippen LogP contribution >= 0.6 is 0 Å². The molecule has 1 atom stereocenters. The topological polar surface area (TPSA) is 152 Å². The molecule has 0 saturated heterocycles. The molecule has 1 aliphatic rings. The molecule has 16 heteroatoms. The van der Waals surface area contributed by atoms with Crippen LogP contribution in [0.4, 0.5) is 22.0 Å². The van der Waals surface area contributed by atoms with Crippen molar-refractivity contribution in [3.63, 3.8) is 0 Å². The van der Waals surface area contributed by atoms with Crippen molar-refractivity contribution >= 4 is 29.2 Å². The molecule has 1 aliphatic carbocycles. The zero-order valence-corrected chi connectivity index (χ0v) is 27.7. The van der Waals surface area contributed by atoms with Crippen molar-refractivity contribution < 1.29 is 51.0 Å². The number of carbonyl (C=O) groups excluding carboxylic acids is 4. The summed E-state index contributed by atoms with van der Waals surface area (Å²) in [6.45, 7) is 7.62. The highest BCUT2D eigenvalue weighted by Gasteiger charge is 2.34. The maximum atomic E-state index is 14.4. The van der Waals surface area contributed by atoms with E-state index in [1.807, 2.05) is 6.92 Å². The van der Waals surface area contributed by atoms with Crippen LogP contribution in [-0.2, 0) is 28.7 Å². The van der Waals surface area contributed by atoms with Gasteiger partial charge in [-0.2, -0.15) is 18.3 Å². The minimum atomic E-state index is -4.92. The van der Waals surface area contributed by atoms with Gasteiger partial charge in [0.15, 0.2) is 17.2 Å². The zero-order valence-electron chi connectivity index (χ0n) is 27.7. The maximum Gasteiger partial charge on any atom is 0.419 e. The van der Waals surface area contributed by atoms with Crippen molar-refractivity contribution in [1.29, 1.82) is 0 Å². The lowest BCUT2D eigenvalue weighted by molar-refractivity contribution is -0.158. The lowest BCUT2D eigenvalue weighted by Crippen LogP contribution is -2.30. The van der Waals surface area contributed by atoms with Gasteiger partial charge in [0.2, 0.25) is 0 Å². The van der Waals surface area contributed by atoms with Gasteiger partial charge < -0.3 is 20.5 Å². The van der Waals surface area contributed by atoms with Crippen molar-refractivity contribution in [1.82, 2.24) is 25.2 Å². The van der Waals surface area contributed by atoms with E-state index < -0.39 is 71.6 Å². The number of amides is 2. The van der Waals surface area contributed by atoms with E-state index in [0.29, 0.717) is 30.5 Å². The first kappa shape index (κ1) is 37.6. The van der Waals surface area contributed by atoms with E-state index in [-0.39, 0.29) is 22.7 Å². The molecule has 2 aromatic heterocycles. The number of fused-ring (bicyclic) bond motifs is 2. The quantitative estimate of drug-likeness (QED) is 0.135. The van der Waals surface area contributed by atoms with Crippen LogP contribution in [0.5, 0.6) is 0 Å². The monoisotopic (exact) mass is 703 g/mol. The predicted octanol–water partition coefficient (Wildman–Crippen LogP) is 5.21. The average molecular weight is 704 g/mol. The number of aromatic nitrogens is 3. The summed E-state index contributed by atoms with van der Waals surface area (Å²) in [5.74, 6) is -4.58. The summed E-state index contributed by atoms with van der Waals surface area (Å²) in [4.78, 5) is 52.4. The predicted molar refractivity (Wildman–Crippen MR) is 168 cm³/mol. The standard InChI is InChI=1S/C28H22F5N5O3.C6H12O3/c1-13-16(14(2)39)4-5-18-17(13)6-8-22(18)37-27(41)24-10-23(36-25-21(30)12-35-38(24)25)26(40)34-11-15-3-7-20(29)19(9-15)28(31,32)33;1-6(2,3)9-5(8)4-7/h3-5,7,9-10,12,22H,6,8,11H2,1-2H3,(H,34,40)(H,37,41);7H,4H2,1-3H3/t22-;/m0./s1. The van der Waals surface area contributed by atoms with Crippen LogP contribution in [0.15, 0.2) is 42.6 Å². The van der Waals surface area contributed by atoms with Crippen LogP contribution in [0.1, 0.15) is 99.3 Å². The fraction of sp³-hybridized carbons (Fsp3) is 0.353. The van der Waals surface area contributed by atoms with Crippen LogP contribution < -0.4 is 10.6 Å².